The van der Waals surface area contributed by atoms with Crippen molar-refractivity contribution in [2.24, 2.45) is 0 Å². The number of carbonyl (C=O) groups excluding carboxylic acids is 1. The average molecular weight is 644 g/mol. The molecule has 2 aromatic heterocycles. The minimum Gasteiger partial charge on any atom is -0.388 e. The van der Waals surface area contributed by atoms with Crippen LogP contribution in [0.3, 0.4) is 0 Å². The summed E-state index contributed by atoms with van der Waals surface area (Å²) in [7, 11) is -3.26. The van der Waals surface area contributed by atoms with Crippen molar-refractivity contribution in [1.82, 2.24) is 20.1 Å². The van der Waals surface area contributed by atoms with Crippen LogP contribution in [-0.2, 0) is 22.3 Å². The summed E-state index contributed by atoms with van der Waals surface area (Å²) in [5, 5.41) is 19.3. The third-order valence-electron chi connectivity index (χ3n) is 7.20. The van der Waals surface area contributed by atoms with E-state index >= 15 is 0 Å². The van der Waals surface area contributed by atoms with Gasteiger partial charge < -0.3 is 15.7 Å². The molecule has 16 heteroatoms. The monoisotopic (exact) mass is 643 g/mol. The fourth-order valence-electron chi connectivity index (χ4n) is 5.10. The molecule has 0 aliphatic heterocycles. The van der Waals surface area contributed by atoms with Crippen molar-refractivity contribution in [1.29, 1.82) is 0 Å². The molecular formula is C26H35ClF5N5O4S. The summed E-state index contributed by atoms with van der Waals surface area (Å²) >= 11 is 6.52. The summed E-state index contributed by atoms with van der Waals surface area (Å²) in [6.07, 6.45) is -2.79. The lowest BCUT2D eigenvalue weighted by atomic mass is 9.84. The molecule has 1 aliphatic rings. The van der Waals surface area contributed by atoms with Crippen molar-refractivity contribution in [2.45, 2.75) is 94.8 Å². The smallest absolute Gasteiger partial charge is 0.388 e. The number of hydrogen-bond donors (Lipinski definition) is 3. The molecule has 3 rings (SSSR count). The first kappa shape index (κ1) is 34.0. The second-order valence-corrected chi connectivity index (χ2v) is 14.3. The zero-order chi connectivity index (χ0) is 31.9. The van der Waals surface area contributed by atoms with Gasteiger partial charge >= 0.3 is 6.18 Å². The third-order valence-corrected chi connectivity index (χ3v) is 9.24. The molecule has 0 atom stereocenters. The number of nitrogens with one attached hydrogen (secondary N) is 2. The Morgan fingerprint density at radius 2 is 1.79 bits per heavy atom. The van der Waals surface area contributed by atoms with Gasteiger partial charge in [-0.1, -0.05) is 11.6 Å². The molecule has 2 heterocycles. The molecule has 3 N–H and O–H groups in total. The third kappa shape index (κ3) is 8.31. The molecule has 0 unspecified atom stereocenters. The molecule has 9 nitrogen and oxygen atoms in total. The lowest BCUT2D eigenvalue weighted by Gasteiger charge is -2.35. The molecule has 0 saturated heterocycles. The molecule has 1 aliphatic carbocycles. The van der Waals surface area contributed by atoms with Crippen LogP contribution in [0.25, 0.3) is 11.3 Å². The van der Waals surface area contributed by atoms with Crippen molar-refractivity contribution in [2.75, 3.05) is 18.1 Å². The minimum atomic E-state index is -4.50. The van der Waals surface area contributed by atoms with Crippen molar-refractivity contribution < 1.29 is 40.3 Å². The molecule has 0 radical (unpaired) electrons. The second-order valence-electron chi connectivity index (χ2n) is 11.6. The van der Waals surface area contributed by atoms with E-state index in [1.165, 1.54) is 18.5 Å². The second kappa shape index (κ2) is 11.9. The molecule has 0 aromatic carbocycles. The van der Waals surface area contributed by atoms with Gasteiger partial charge in [0.15, 0.2) is 5.69 Å². The van der Waals surface area contributed by atoms with Crippen LogP contribution in [0.15, 0.2) is 12.3 Å². The van der Waals surface area contributed by atoms with Gasteiger partial charge in [-0.3, -0.25) is 9.48 Å². The zero-order valence-corrected chi connectivity index (χ0v) is 25.4. The van der Waals surface area contributed by atoms with E-state index < -0.39 is 56.2 Å². The van der Waals surface area contributed by atoms with Crippen LogP contribution in [0, 0.1) is 0 Å². The number of carbonyl (C=O) groups is 1. The average Bonchev–Trinajstić information content (AvgIpc) is 3.16. The molecular weight excluding hydrogens is 609 g/mol. The van der Waals surface area contributed by atoms with E-state index in [1.807, 2.05) is 0 Å². The predicted molar refractivity (Wildman–Crippen MR) is 148 cm³/mol. The molecule has 1 saturated carbocycles. The quantitative estimate of drug-likeness (QED) is 0.299. The van der Waals surface area contributed by atoms with Crippen LogP contribution in [0.1, 0.15) is 75.9 Å². The van der Waals surface area contributed by atoms with Gasteiger partial charge in [-0.2, -0.15) is 18.3 Å². The van der Waals surface area contributed by atoms with Crippen molar-refractivity contribution >= 4 is 33.2 Å². The molecule has 236 valence electrons. The maximum Gasteiger partial charge on any atom is 0.391 e. The van der Waals surface area contributed by atoms with Gasteiger partial charge in [0.05, 0.1) is 28.0 Å². The fraction of sp³-hybridized carbons (Fsp3) is 0.654. The van der Waals surface area contributed by atoms with E-state index in [4.69, 9.17) is 11.6 Å². The number of alkyl halides is 5. The largest absolute Gasteiger partial charge is 0.391 e. The number of rotatable bonds is 10. The van der Waals surface area contributed by atoms with E-state index in [0.717, 1.165) is 18.5 Å². The highest BCUT2D eigenvalue weighted by Gasteiger charge is 2.39. The van der Waals surface area contributed by atoms with E-state index in [1.54, 1.807) is 6.92 Å². The maximum atomic E-state index is 14.8. The SMILES string of the molecule is CCn1nc(C(=O)NC[C@]2(O)CC[C@@H](S(C)(=O)=O)CC2)c(Cl)c1-c1cnc(NC(C)(C)CC(F)(F)F)cc1C(C)(F)F. The topological polar surface area (TPSA) is 126 Å². The Morgan fingerprint density at radius 3 is 2.29 bits per heavy atom. The Labute approximate surface area is 246 Å². The van der Waals surface area contributed by atoms with Crippen molar-refractivity contribution in [3.63, 3.8) is 0 Å². The van der Waals surface area contributed by atoms with Gasteiger partial charge in [0, 0.05) is 49.1 Å². The normalized spacial score (nSPS) is 20.4. The Kier molecular flexibility index (Phi) is 9.60. The van der Waals surface area contributed by atoms with Gasteiger partial charge in [0.25, 0.3) is 11.8 Å². The molecule has 2 aromatic rings. The van der Waals surface area contributed by atoms with Gasteiger partial charge in [-0.15, -0.1) is 0 Å². The van der Waals surface area contributed by atoms with E-state index in [-0.39, 0.29) is 66.6 Å². The highest BCUT2D eigenvalue weighted by atomic mass is 35.5. The number of nitrogens with zero attached hydrogens (tertiary/aromatic N) is 3. The van der Waals surface area contributed by atoms with Crippen molar-refractivity contribution in [3.05, 3.63) is 28.5 Å². The first-order chi connectivity index (χ1) is 19.1. The van der Waals surface area contributed by atoms with Crippen LogP contribution >= 0.6 is 11.6 Å². The maximum absolute atomic E-state index is 14.8. The van der Waals surface area contributed by atoms with Crippen LogP contribution < -0.4 is 10.6 Å². The highest BCUT2D eigenvalue weighted by Crippen LogP contribution is 2.41. The summed E-state index contributed by atoms with van der Waals surface area (Å²) in [5.41, 5.74) is -3.98. The Hall–Kier alpha value is -2.52. The van der Waals surface area contributed by atoms with Crippen LogP contribution in [0.2, 0.25) is 5.02 Å². The van der Waals surface area contributed by atoms with Crippen molar-refractivity contribution in [3.8, 4) is 11.3 Å². The van der Waals surface area contributed by atoms with Crippen LogP contribution in [0.5, 0.6) is 0 Å². The Morgan fingerprint density at radius 1 is 1.19 bits per heavy atom. The number of hydrogen-bond acceptors (Lipinski definition) is 7. The summed E-state index contributed by atoms with van der Waals surface area (Å²) in [5.74, 6) is -4.47. The number of aliphatic hydroxyl groups is 1. The van der Waals surface area contributed by atoms with Gasteiger partial charge in [-0.05, 0) is 52.5 Å². The first-order valence-corrected chi connectivity index (χ1v) is 15.6. The van der Waals surface area contributed by atoms with Gasteiger partial charge in [0.1, 0.15) is 15.7 Å². The fourth-order valence-corrected chi connectivity index (χ4v) is 6.52. The number of aromatic nitrogens is 3. The number of anilines is 1. The number of amides is 1. The standard InChI is InChI=1S/C26H35ClF5N5O4S/c1-6-37-21(16-12-33-18(11-17(16)24(4,28)29)35-23(2,3)13-26(30,31)32)19(27)20(36-37)22(38)34-14-25(39)9-7-15(8-10-25)42(5,40)41/h11-12,15,39H,6-10,13-14H2,1-5H3,(H,33,35)(H,34,38)/t15-,25+. The van der Waals surface area contributed by atoms with Crippen LogP contribution in [-0.4, -0.2) is 69.6 Å². The summed E-state index contributed by atoms with van der Waals surface area (Å²) in [4.78, 5) is 17.1. The van der Waals surface area contributed by atoms with E-state index in [2.05, 4.69) is 20.7 Å². The predicted octanol–water partition coefficient (Wildman–Crippen LogP) is 5.32. The summed E-state index contributed by atoms with van der Waals surface area (Å²) in [6, 6.07) is 0.943. The van der Waals surface area contributed by atoms with E-state index in [0.29, 0.717) is 6.92 Å². The summed E-state index contributed by atoms with van der Waals surface area (Å²) in [6.45, 7) is 4.70. The van der Waals surface area contributed by atoms with Crippen LogP contribution in [0.4, 0.5) is 27.8 Å². The minimum absolute atomic E-state index is 0.0400. The molecule has 0 bridgehead atoms. The number of pyridine rings is 1. The highest BCUT2D eigenvalue weighted by molar-refractivity contribution is 7.91. The zero-order valence-electron chi connectivity index (χ0n) is 23.9. The lowest BCUT2D eigenvalue weighted by Crippen LogP contribution is -2.47. The Bertz CT molecular complexity index is 1420. The Balaban J connectivity index is 1.90. The molecule has 0 spiro atoms. The number of sulfone groups is 1. The van der Waals surface area contributed by atoms with Gasteiger partial charge in [-0.25, -0.2) is 22.2 Å². The molecule has 1 fully saturated rings. The lowest BCUT2D eigenvalue weighted by molar-refractivity contribution is -0.142. The number of aryl methyl sites for hydroxylation is 1. The molecule has 1 amide bonds. The number of halogens is 6. The summed E-state index contributed by atoms with van der Waals surface area (Å²) < 4.78 is 93.4. The van der Waals surface area contributed by atoms with E-state index in [9.17, 15) is 40.3 Å². The molecule has 42 heavy (non-hydrogen) atoms. The first-order valence-electron chi connectivity index (χ1n) is 13.2. The van der Waals surface area contributed by atoms with Gasteiger partial charge in [0.2, 0.25) is 0 Å².